The van der Waals surface area contributed by atoms with E-state index in [1.54, 1.807) is 17.8 Å². The second kappa shape index (κ2) is 4.14. The van der Waals surface area contributed by atoms with Crippen molar-refractivity contribution in [3.05, 3.63) is 18.0 Å². The van der Waals surface area contributed by atoms with Crippen molar-refractivity contribution in [2.24, 2.45) is 0 Å². The summed E-state index contributed by atoms with van der Waals surface area (Å²) in [7, 11) is -2.95. The second-order valence-corrected chi connectivity index (χ2v) is 6.60. The van der Waals surface area contributed by atoms with Gasteiger partial charge in [0.2, 0.25) is 0 Å². The Balaban J connectivity index is 2.17. The number of hydrogen-bond acceptors (Lipinski definition) is 4. The van der Waals surface area contributed by atoms with Crippen LogP contribution < -0.4 is 0 Å². The predicted octanol–water partition coefficient (Wildman–Crippen LogP) is 0.431. The summed E-state index contributed by atoms with van der Waals surface area (Å²) in [5, 5.41) is 12.9. The molecule has 0 spiro atoms. The van der Waals surface area contributed by atoms with Gasteiger partial charge in [0.05, 0.1) is 29.7 Å². The molecule has 1 fully saturated rings. The van der Waals surface area contributed by atoms with Crippen LogP contribution in [0.2, 0.25) is 0 Å². The molecular formula is C10H14N2O4S. The molecule has 1 aromatic heterocycles. The summed E-state index contributed by atoms with van der Waals surface area (Å²) in [5.41, 5.74) is 0.599. The van der Waals surface area contributed by atoms with Crippen LogP contribution in [0.1, 0.15) is 30.9 Å². The minimum atomic E-state index is -2.95. The fraction of sp³-hybridized carbons (Fsp3) is 0.600. The number of nitrogens with zero attached hydrogens (tertiary/aromatic N) is 2. The molecule has 1 aliphatic heterocycles. The number of sulfone groups is 1. The Bertz CT molecular complexity index is 534. The summed E-state index contributed by atoms with van der Waals surface area (Å²) in [6.07, 6.45) is 3.67. The van der Waals surface area contributed by atoms with E-state index in [4.69, 9.17) is 5.11 Å². The molecule has 0 aromatic carbocycles. The highest BCUT2D eigenvalue weighted by atomic mass is 32.2. The molecule has 0 bridgehead atoms. The normalized spacial score (nSPS) is 24.6. The van der Waals surface area contributed by atoms with Crippen LogP contribution in [-0.4, -0.2) is 40.8 Å². The Morgan fingerprint density at radius 1 is 1.65 bits per heavy atom. The SMILES string of the molecule is CC(C(=O)O)c1cnn(C2CCS(=O)(=O)C2)c1. The van der Waals surface area contributed by atoms with Crippen molar-refractivity contribution in [1.82, 2.24) is 9.78 Å². The highest BCUT2D eigenvalue weighted by Crippen LogP contribution is 2.24. The molecule has 2 atom stereocenters. The molecule has 0 radical (unpaired) electrons. The molecule has 94 valence electrons. The van der Waals surface area contributed by atoms with E-state index in [1.165, 1.54) is 6.20 Å². The first-order valence-electron chi connectivity index (χ1n) is 5.36. The van der Waals surface area contributed by atoms with Gasteiger partial charge in [-0.1, -0.05) is 0 Å². The molecule has 17 heavy (non-hydrogen) atoms. The van der Waals surface area contributed by atoms with Gasteiger partial charge in [0.15, 0.2) is 9.84 Å². The van der Waals surface area contributed by atoms with Crippen molar-refractivity contribution in [3.8, 4) is 0 Å². The number of aliphatic carboxylic acids is 1. The van der Waals surface area contributed by atoms with Crippen LogP contribution in [-0.2, 0) is 14.6 Å². The first-order chi connectivity index (χ1) is 7.89. The third-order valence-electron chi connectivity index (χ3n) is 3.07. The molecule has 1 aliphatic rings. The summed E-state index contributed by atoms with van der Waals surface area (Å²) >= 11 is 0. The summed E-state index contributed by atoms with van der Waals surface area (Å²) < 4.78 is 24.2. The number of carboxylic acid groups (broad SMARTS) is 1. The molecule has 1 aromatic rings. The van der Waals surface area contributed by atoms with Crippen molar-refractivity contribution in [2.75, 3.05) is 11.5 Å². The summed E-state index contributed by atoms with van der Waals surface area (Å²) in [4.78, 5) is 10.8. The first-order valence-corrected chi connectivity index (χ1v) is 7.18. The van der Waals surface area contributed by atoms with E-state index in [9.17, 15) is 13.2 Å². The van der Waals surface area contributed by atoms with Crippen molar-refractivity contribution >= 4 is 15.8 Å². The zero-order chi connectivity index (χ0) is 12.6. The molecule has 2 unspecified atom stereocenters. The number of carboxylic acids is 1. The fourth-order valence-electron chi connectivity index (χ4n) is 1.90. The van der Waals surface area contributed by atoms with Crippen LogP contribution in [0.25, 0.3) is 0 Å². The quantitative estimate of drug-likeness (QED) is 0.849. The maximum absolute atomic E-state index is 11.3. The van der Waals surface area contributed by atoms with Crippen LogP contribution in [0.4, 0.5) is 0 Å². The third kappa shape index (κ3) is 2.49. The highest BCUT2D eigenvalue weighted by Gasteiger charge is 2.30. The van der Waals surface area contributed by atoms with E-state index in [1.807, 2.05) is 0 Å². The van der Waals surface area contributed by atoms with Crippen LogP contribution >= 0.6 is 0 Å². The Hall–Kier alpha value is -1.37. The maximum Gasteiger partial charge on any atom is 0.310 e. The zero-order valence-corrected chi connectivity index (χ0v) is 10.2. The average Bonchev–Trinajstić information content (AvgIpc) is 2.82. The van der Waals surface area contributed by atoms with Crippen molar-refractivity contribution < 1.29 is 18.3 Å². The van der Waals surface area contributed by atoms with Crippen LogP contribution in [0, 0.1) is 0 Å². The zero-order valence-electron chi connectivity index (χ0n) is 9.41. The lowest BCUT2D eigenvalue weighted by atomic mass is 10.1. The number of aromatic nitrogens is 2. The lowest BCUT2D eigenvalue weighted by molar-refractivity contribution is -0.138. The second-order valence-electron chi connectivity index (χ2n) is 4.37. The van der Waals surface area contributed by atoms with E-state index in [0.29, 0.717) is 12.0 Å². The van der Waals surface area contributed by atoms with E-state index in [2.05, 4.69) is 5.10 Å². The molecule has 2 rings (SSSR count). The molecular weight excluding hydrogens is 244 g/mol. The van der Waals surface area contributed by atoms with Gasteiger partial charge in [-0.15, -0.1) is 0 Å². The van der Waals surface area contributed by atoms with Crippen LogP contribution in [0.5, 0.6) is 0 Å². The third-order valence-corrected chi connectivity index (χ3v) is 4.82. The molecule has 1 N–H and O–H groups in total. The average molecular weight is 258 g/mol. The molecule has 7 heteroatoms. The van der Waals surface area contributed by atoms with E-state index < -0.39 is 21.7 Å². The summed E-state index contributed by atoms with van der Waals surface area (Å²) in [6, 6.07) is -0.158. The molecule has 0 amide bonds. The molecule has 0 aliphatic carbocycles. The van der Waals surface area contributed by atoms with Gasteiger partial charge in [0.25, 0.3) is 0 Å². The Morgan fingerprint density at radius 3 is 2.88 bits per heavy atom. The summed E-state index contributed by atoms with van der Waals surface area (Å²) in [5.74, 6) is -1.26. The van der Waals surface area contributed by atoms with Gasteiger partial charge in [0.1, 0.15) is 0 Å². The van der Waals surface area contributed by atoms with Crippen LogP contribution in [0.3, 0.4) is 0 Å². The monoisotopic (exact) mass is 258 g/mol. The minimum absolute atomic E-state index is 0.0928. The number of carbonyl (C=O) groups is 1. The lowest BCUT2D eigenvalue weighted by Gasteiger charge is -2.07. The van der Waals surface area contributed by atoms with Gasteiger partial charge in [-0.05, 0) is 13.3 Å². The smallest absolute Gasteiger partial charge is 0.310 e. The number of hydrogen-bond donors (Lipinski definition) is 1. The van der Waals surface area contributed by atoms with Gasteiger partial charge in [-0.2, -0.15) is 5.10 Å². The van der Waals surface area contributed by atoms with Gasteiger partial charge < -0.3 is 5.11 Å². The van der Waals surface area contributed by atoms with Crippen molar-refractivity contribution in [2.45, 2.75) is 25.3 Å². The van der Waals surface area contributed by atoms with Crippen LogP contribution in [0.15, 0.2) is 12.4 Å². The molecule has 0 saturated carbocycles. The topological polar surface area (TPSA) is 89.3 Å². The number of rotatable bonds is 3. The molecule has 1 saturated heterocycles. The van der Waals surface area contributed by atoms with Gasteiger partial charge >= 0.3 is 5.97 Å². The van der Waals surface area contributed by atoms with E-state index in [-0.39, 0.29) is 17.5 Å². The Morgan fingerprint density at radius 2 is 2.35 bits per heavy atom. The van der Waals surface area contributed by atoms with Gasteiger partial charge in [0, 0.05) is 11.8 Å². The van der Waals surface area contributed by atoms with E-state index in [0.717, 1.165) is 0 Å². The highest BCUT2D eigenvalue weighted by molar-refractivity contribution is 7.91. The van der Waals surface area contributed by atoms with Crippen molar-refractivity contribution in [3.63, 3.8) is 0 Å². The molecule has 6 nitrogen and oxygen atoms in total. The first kappa shape index (κ1) is 12.1. The molecule has 2 heterocycles. The lowest BCUT2D eigenvalue weighted by Crippen LogP contribution is -2.11. The standard InChI is InChI=1S/C10H14N2O4S/c1-7(10(13)14)8-4-11-12(5-8)9-2-3-17(15,16)6-9/h4-5,7,9H,2-3,6H2,1H3,(H,13,14). The van der Waals surface area contributed by atoms with Crippen molar-refractivity contribution in [1.29, 1.82) is 0 Å². The largest absolute Gasteiger partial charge is 0.481 e. The maximum atomic E-state index is 11.3. The minimum Gasteiger partial charge on any atom is -0.481 e. The predicted molar refractivity (Wildman–Crippen MR) is 60.6 cm³/mol. The van der Waals surface area contributed by atoms with Gasteiger partial charge in [-0.25, -0.2) is 8.42 Å². The Kier molecular flexibility index (Phi) is 2.94. The Labute approximate surface area is 99.2 Å². The van der Waals surface area contributed by atoms with E-state index >= 15 is 0 Å². The fourth-order valence-corrected chi connectivity index (χ4v) is 3.61. The van der Waals surface area contributed by atoms with Gasteiger partial charge in [-0.3, -0.25) is 9.48 Å². The summed E-state index contributed by atoms with van der Waals surface area (Å²) in [6.45, 7) is 1.58.